The fraction of sp³-hybridized carbons (Fsp3) is 0.647. The lowest BCUT2D eigenvalue weighted by Gasteiger charge is -2.42. The Bertz CT molecular complexity index is 711. The van der Waals surface area contributed by atoms with E-state index in [1.54, 1.807) is 11.3 Å². The number of piperidine rings is 1. The van der Waals surface area contributed by atoms with E-state index in [0.29, 0.717) is 0 Å². The van der Waals surface area contributed by atoms with E-state index in [-0.39, 0.29) is 42.2 Å². The van der Waals surface area contributed by atoms with Crippen molar-refractivity contribution in [1.29, 1.82) is 0 Å². The number of halogens is 2. The van der Waals surface area contributed by atoms with Gasteiger partial charge in [-0.25, -0.2) is 4.98 Å². The van der Waals surface area contributed by atoms with Crippen molar-refractivity contribution in [2.24, 2.45) is 11.1 Å². The van der Waals surface area contributed by atoms with Gasteiger partial charge in [0.05, 0.1) is 9.58 Å². The maximum absolute atomic E-state index is 12.9. The molecule has 0 spiro atoms. The normalized spacial score (nSPS) is 19.0. The molecule has 2 aromatic heterocycles. The van der Waals surface area contributed by atoms with E-state index >= 15 is 0 Å². The zero-order valence-corrected chi connectivity index (χ0v) is 18.9. The molecule has 3 rings (SSSR count). The molecule has 0 radical (unpaired) electrons. The summed E-state index contributed by atoms with van der Waals surface area (Å²) in [4.78, 5) is 23.5. The summed E-state index contributed by atoms with van der Waals surface area (Å²) in [6, 6.07) is 2.17. The van der Waals surface area contributed by atoms with Crippen LogP contribution in [0.25, 0.3) is 9.53 Å². The number of amides is 1. The number of nitrogens with zero attached hydrogens (tertiary/aromatic N) is 3. The molecule has 1 atom stereocenters. The summed E-state index contributed by atoms with van der Waals surface area (Å²) in [5, 5.41) is 1.05. The van der Waals surface area contributed by atoms with Gasteiger partial charge >= 0.3 is 0 Å². The standard InChI is InChI=1S/C17H26N4OS2.2ClH/c1-5-20(6-2)16-19-14-11(24-16)9-12(23-14)15(22)21-8-7-13(18)17(3,4)10-21;;/h9,13H,5-8,10,18H2,1-4H3;2*1H. The number of thiazole rings is 1. The van der Waals surface area contributed by atoms with Crippen LogP contribution in [0.2, 0.25) is 0 Å². The minimum absolute atomic E-state index is 0. The third-order valence-electron chi connectivity index (χ3n) is 4.92. The first-order valence-corrected chi connectivity index (χ1v) is 10.2. The molecule has 9 heteroatoms. The first kappa shape index (κ1) is 23.4. The van der Waals surface area contributed by atoms with Gasteiger partial charge in [-0.1, -0.05) is 25.2 Å². The van der Waals surface area contributed by atoms with Gasteiger partial charge in [-0.15, -0.1) is 36.2 Å². The molecule has 3 heterocycles. The highest BCUT2D eigenvalue weighted by Crippen LogP contribution is 2.36. The zero-order chi connectivity index (χ0) is 17.5. The number of hydrogen-bond acceptors (Lipinski definition) is 6. The molecule has 1 amide bonds. The summed E-state index contributed by atoms with van der Waals surface area (Å²) >= 11 is 3.18. The Morgan fingerprint density at radius 1 is 1.35 bits per heavy atom. The van der Waals surface area contributed by atoms with Gasteiger partial charge in [-0.2, -0.15) is 0 Å². The first-order valence-electron chi connectivity index (χ1n) is 8.56. The molecule has 148 valence electrons. The van der Waals surface area contributed by atoms with E-state index in [1.807, 2.05) is 11.0 Å². The Kier molecular flexibility index (Phi) is 8.17. The lowest BCUT2D eigenvalue weighted by molar-refractivity contribution is 0.0537. The van der Waals surface area contributed by atoms with Gasteiger partial charge in [0.2, 0.25) is 0 Å². The molecule has 1 unspecified atom stereocenters. The van der Waals surface area contributed by atoms with E-state index in [1.165, 1.54) is 11.3 Å². The fourth-order valence-corrected chi connectivity index (χ4v) is 5.47. The Labute approximate surface area is 175 Å². The SMILES string of the molecule is CCN(CC)c1nc2sc(C(=O)N3CCC(N)C(C)(C)C3)cc2s1.Cl.Cl. The second-order valence-electron chi connectivity index (χ2n) is 7.06. The molecule has 5 nitrogen and oxygen atoms in total. The van der Waals surface area contributed by atoms with Crippen LogP contribution in [0, 0.1) is 5.41 Å². The minimum atomic E-state index is -0.0310. The first-order chi connectivity index (χ1) is 11.4. The third kappa shape index (κ3) is 4.44. The van der Waals surface area contributed by atoms with Crippen molar-refractivity contribution < 1.29 is 4.79 Å². The second kappa shape index (κ2) is 9.06. The number of carbonyl (C=O) groups excluding carboxylic acids is 1. The summed E-state index contributed by atoms with van der Waals surface area (Å²) in [5.74, 6) is 0.120. The van der Waals surface area contributed by atoms with Crippen molar-refractivity contribution >= 4 is 68.1 Å². The van der Waals surface area contributed by atoms with Gasteiger partial charge in [-0.3, -0.25) is 4.79 Å². The summed E-state index contributed by atoms with van der Waals surface area (Å²) in [7, 11) is 0. The zero-order valence-electron chi connectivity index (χ0n) is 15.7. The lowest BCUT2D eigenvalue weighted by Crippen LogP contribution is -2.53. The molecule has 1 aliphatic rings. The van der Waals surface area contributed by atoms with E-state index in [0.717, 1.165) is 52.1 Å². The quantitative estimate of drug-likeness (QED) is 0.774. The van der Waals surface area contributed by atoms with Gasteiger partial charge in [-0.05, 0) is 31.7 Å². The maximum Gasteiger partial charge on any atom is 0.264 e. The number of hydrogen-bond donors (Lipinski definition) is 1. The summed E-state index contributed by atoms with van der Waals surface area (Å²) in [6.07, 6.45) is 0.864. The van der Waals surface area contributed by atoms with Crippen LogP contribution in [0.3, 0.4) is 0 Å². The molecule has 2 aromatic rings. The molecule has 0 aromatic carbocycles. The lowest BCUT2D eigenvalue weighted by atomic mass is 9.79. The molecule has 0 bridgehead atoms. The highest BCUT2D eigenvalue weighted by atomic mass is 35.5. The fourth-order valence-electron chi connectivity index (χ4n) is 3.16. The van der Waals surface area contributed by atoms with Gasteiger partial charge in [0, 0.05) is 32.2 Å². The van der Waals surface area contributed by atoms with Gasteiger partial charge < -0.3 is 15.5 Å². The number of thiophene rings is 1. The Morgan fingerprint density at radius 3 is 2.54 bits per heavy atom. The van der Waals surface area contributed by atoms with Gasteiger partial charge in [0.15, 0.2) is 5.13 Å². The van der Waals surface area contributed by atoms with Crippen LogP contribution in [0.1, 0.15) is 43.8 Å². The minimum Gasteiger partial charge on any atom is -0.349 e. The van der Waals surface area contributed by atoms with Crippen molar-refractivity contribution in [2.45, 2.75) is 40.2 Å². The predicted molar refractivity (Wildman–Crippen MR) is 118 cm³/mol. The highest BCUT2D eigenvalue weighted by molar-refractivity contribution is 7.29. The Morgan fingerprint density at radius 2 is 2.00 bits per heavy atom. The van der Waals surface area contributed by atoms with Crippen LogP contribution in [0.15, 0.2) is 6.07 Å². The smallest absolute Gasteiger partial charge is 0.264 e. The predicted octanol–water partition coefficient (Wildman–Crippen LogP) is 4.25. The average Bonchev–Trinajstić information content (AvgIpc) is 3.09. The van der Waals surface area contributed by atoms with Crippen LogP contribution in [-0.4, -0.2) is 48.0 Å². The Balaban J connectivity index is 0.00000169. The van der Waals surface area contributed by atoms with Crippen LogP contribution in [-0.2, 0) is 0 Å². The van der Waals surface area contributed by atoms with Crippen molar-refractivity contribution in [3.05, 3.63) is 10.9 Å². The molecule has 1 saturated heterocycles. The largest absolute Gasteiger partial charge is 0.349 e. The molecular weight excluding hydrogens is 411 g/mol. The molecule has 26 heavy (non-hydrogen) atoms. The van der Waals surface area contributed by atoms with Gasteiger partial charge in [0.1, 0.15) is 4.83 Å². The summed E-state index contributed by atoms with van der Waals surface area (Å²) < 4.78 is 1.11. The van der Waals surface area contributed by atoms with E-state index in [2.05, 4.69) is 32.6 Å². The highest BCUT2D eigenvalue weighted by Gasteiger charge is 2.36. The van der Waals surface area contributed by atoms with Crippen LogP contribution in [0.5, 0.6) is 0 Å². The summed E-state index contributed by atoms with van der Waals surface area (Å²) in [6.45, 7) is 11.9. The number of anilines is 1. The Hall–Kier alpha value is -0.600. The average molecular weight is 439 g/mol. The van der Waals surface area contributed by atoms with Crippen LogP contribution in [0.4, 0.5) is 5.13 Å². The number of nitrogens with two attached hydrogens (primary N) is 1. The van der Waals surface area contributed by atoms with E-state index < -0.39 is 0 Å². The number of rotatable bonds is 4. The number of carbonyl (C=O) groups is 1. The van der Waals surface area contributed by atoms with E-state index in [4.69, 9.17) is 10.7 Å². The third-order valence-corrected chi connectivity index (χ3v) is 7.13. The topological polar surface area (TPSA) is 62.5 Å². The van der Waals surface area contributed by atoms with Gasteiger partial charge in [0.25, 0.3) is 5.91 Å². The molecule has 0 saturated carbocycles. The second-order valence-corrected chi connectivity index (χ2v) is 9.10. The molecule has 1 fully saturated rings. The summed E-state index contributed by atoms with van der Waals surface area (Å²) in [5.41, 5.74) is 6.15. The maximum atomic E-state index is 12.9. The molecule has 1 aliphatic heterocycles. The van der Waals surface area contributed by atoms with Crippen molar-refractivity contribution in [1.82, 2.24) is 9.88 Å². The molecule has 2 N–H and O–H groups in total. The van der Waals surface area contributed by atoms with Crippen LogP contribution < -0.4 is 10.6 Å². The van der Waals surface area contributed by atoms with Crippen molar-refractivity contribution in [2.75, 3.05) is 31.1 Å². The van der Waals surface area contributed by atoms with Crippen LogP contribution >= 0.6 is 47.5 Å². The number of aromatic nitrogens is 1. The number of fused-ring (bicyclic) bond motifs is 1. The number of likely N-dealkylation sites (tertiary alicyclic amines) is 1. The monoisotopic (exact) mass is 438 g/mol. The van der Waals surface area contributed by atoms with Crippen molar-refractivity contribution in [3.8, 4) is 0 Å². The van der Waals surface area contributed by atoms with E-state index in [9.17, 15) is 4.79 Å². The van der Waals surface area contributed by atoms with Crippen molar-refractivity contribution in [3.63, 3.8) is 0 Å². The molecule has 0 aliphatic carbocycles. The molecular formula is C17H28Cl2N4OS2.